The molecule has 1 saturated carbocycles. The molecule has 2 fully saturated rings. The SMILES string of the molecule is O=CN1CCN(c2ncc(C(=O)NC3CCCCC3)cn2)CC1. The zero-order chi connectivity index (χ0) is 16.1. The van der Waals surface area contributed by atoms with Gasteiger partial charge in [0, 0.05) is 44.6 Å². The predicted molar refractivity (Wildman–Crippen MR) is 86.2 cm³/mol. The summed E-state index contributed by atoms with van der Waals surface area (Å²) in [5.41, 5.74) is 0.505. The van der Waals surface area contributed by atoms with E-state index in [9.17, 15) is 9.59 Å². The van der Waals surface area contributed by atoms with Crippen molar-refractivity contribution in [3.63, 3.8) is 0 Å². The standard InChI is InChI=1S/C16H23N5O2/c22-12-20-6-8-21(9-7-20)16-17-10-13(11-18-16)15(23)19-14-4-2-1-3-5-14/h10-12,14H,1-9H2,(H,19,23). The second-order valence-electron chi connectivity index (χ2n) is 6.21. The van der Waals surface area contributed by atoms with Crippen molar-refractivity contribution >= 4 is 18.3 Å². The third kappa shape index (κ3) is 3.97. The Labute approximate surface area is 136 Å². The van der Waals surface area contributed by atoms with Crippen LogP contribution in [0, 0.1) is 0 Å². The summed E-state index contributed by atoms with van der Waals surface area (Å²) < 4.78 is 0. The lowest BCUT2D eigenvalue weighted by Crippen LogP contribution is -2.46. The second kappa shape index (κ2) is 7.39. The Hall–Kier alpha value is -2.18. The highest BCUT2D eigenvalue weighted by Crippen LogP contribution is 2.18. The normalized spacial score (nSPS) is 19.5. The summed E-state index contributed by atoms with van der Waals surface area (Å²) in [7, 11) is 0. The average Bonchev–Trinajstić information content (AvgIpc) is 2.63. The average molecular weight is 317 g/mol. The molecular formula is C16H23N5O2. The zero-order valence-corrected chi connectivity index (χ0v) is 13.3. The summed E-state index contributed by atoms with van der Waals surface area (Å²) >= 11 is 0. The first-order valence-electron chi connectivity index (χ1n) is 8.33. The van der Waals surface area contributed by atoms with E-state index in [1.54, 1.807) is 17.3 Å². The molecule has 1 aromatic heterocycles. The van der Waals surface area contributed by atoms with Gasteiger partial charge in [0.15, 0.2) is 0 Å². The van der Waals surface area contributed by atoms with Gasteiger partial charge in [-0.05, 0) is 12.8 Å². The molecule has 23 heavy (non-hydrogen) atoms. The number of piperazine rings is 1. The third-order valence-electron chi connectivity index (χ3n) is 4.59. The van der Waals surface area contributed by atoms with E-state index in [1.807, 2.05) is 4.90 Å². The molecule has 1 N–H and O–H groups in total. The van der Waals surface area contributed by atoms with Crippen LogP contribution in [0.5, 0.6) is 0 Å². The van der Waals surface area contributed by atoms with Gasteiger partial charge in [-0.25, -0.2) is 9.97 Å². The third-order valence-corrected chi connectivity index (χ3v) is 4.59. The maximum atomic E-state index is 12.2. The smallest absolute Gasteiger partial charge is 0.254 e. The summed E-state index contributed by atoms with van der Waals surface area (Å²) in [6.07, 6.45) is 9.81. The molecule has 1 aliphatic carbocycles. The van der Waals surface area contributed by atoms with Gasteiger partial charge in [0.1, 0.15) is 0 Å². The number of nitrogens with one attached hydrogen (secondary N) is 1. The number of hydrogen-bond donors (Lipinski definition) is 1. The lowest BCUT2D eigenvalue weighted by Gasteiger charge is -2.32. The first-order valence-corrected chi connectivity index (χ1v) is 8.33. The largest absolute Gasteiger partial charge is 0.349 e. The van der Waals surface area contributed by atoms with Crippen LogP contribution in [0.2, 0.25) is 0 Å². The maximum absolute atomic E-state index is 12.2. The van der Waals surface area contributed by atoms with Crippen molar-refractivity contribution in [2.75, 3.05) is 31.1 Å². The van der Waals surface area contributed by atoms with Gasteiger partial charge < -0.3 is 15.1 Å². The maximum Gasteiger partial charge on any atom is 0.254 e. The van der Waals surface area contributed by atoms with Crippen LogP contribution < -0.4 is 10.2 Å². The Morgan fingerprint density at radius 2 is 1.74 bits per heavy atom. The molecule has 1 aliphatic heterocycles. The number of carbonyl (C=O) groups excluding carboxylic acids is 2. The molecule has 1 saturated heterocycles. The van der Waals surface area contributed by atoms with Gasteiger partial charge in [-0.3, -0.25) is 9.59 Å². The summed E-state index contributed by atoms with van der Waals surface area (Å²) in [6, 6.07) is 0.285. The van der Waals surface area contributed by atoms with E-state index < -0.39 is 0 Å². The molecule has 0 atom stereocenters. The van der Waals surface area contributed by atoms with Crippen molar-refractivity contribution in [1.82, 2.24) is 20.2 Å². The molecule has 2 aliphatic rings. The van der Waals surface area contributed by atoms with Crippen LogP contribution >= 0.6 is 0 Å². The number of hydrogen-bond acceptors (Lipinski definition) is 5. The molecule has 0 radical (unpaired) electrons. The lowest BCUT2D eigenvalue weighted by molar-refractivity contribution is -0.118. The molecule has 0 unspecified atom stereocenters. The Balaban J connectivity index is 1.56. The van der Waals surface area contributed by atoms with E-state index in [4.69, 9.17) is 0 Å². The topological polar surface area (TPSA) is 78.4 Å². The minimum absolute atomic E-state index is 0.0887. The van der Waals surface area contributed by atoms with Crippen molar-refractivity contribution < 1.29 is 9.59 Å². The van der Waals surface area contributed by atoms with Crippen LogP contribution in [-0.2, 0) is 4.79 Å². The molecule has 7 heteroatoms. The van der Waals surface area contributed by atoms with E-state index >= 15 is 0 Å². The quantitative estimate of drug-likeness (QED) is 0.832. The summed E-state index contributed by atoms with van der Waals surface area (Å²) in [4.78, 5) is 35.3. The molecule has 0 spiro atoms. The summed E-state index contributed by atoms with van der Waals surface area (Å²) in [5.74, 6) is 0.527. The molecule has 1 aromatic rings. The molecule has 3 rings (SSSR count). The highest BCUT2D eigenvalue weighted by molar-refractivity contribution is 5.93. The minimum atomic E-state index is -0.0887. The number of amides is 2. The van der Waals surface area contributed by atoms with Gasteiger partial charge in [0.2, 0.25) is 12.4 Å². The van der Waals surface area contributed by atoms with E-state index in [-0.39, 0.29) is 11.9 Å². The van der Waals surface area contributed by atoms with Crippen molar-refractivity contribution in [2.24, 2.45) is 0 Å². The second-order valence-corrected chi connectivity index (χ2v) is 6.21. The van der Waals surface area contributed by atoms with E-state index in [2.05, 4.69) is 15.3 Å². The fourth-order valence-corrected chi connectivity index (χ4v) is 3.14. The first-order chi connectivity index (χ1) is 11.3. The Kier molecular flexibility index (Phi) is 5.05. The van der Waals surface area contributed by atoms with Gasteiger partial charge in [0.25, 0.3) is 5.91 Å². The van der Waals surface area contributed by atoms with Gasteiger partial charge in [-0.1, -0.05) is 19.3 Å². The van der Waals surface area contributed by atoms with Crippen LogP contribution in [-0.4, -0.2) is 59.4 Å². The lowest BCUT2D eigenvalue weighted by atomic mass is 9.95. The van der Waals surface area contributed by atoms with Gasteiger partial charge >= 0.3 is 0 Å². The van der Waals surface area contributed by atoms with Crippen LogP contribution in [0.4, 0.5) is 5.95 Å². The van der Waals surface area contributed by atoms with Crippen LogP contribution in [0.25, 0.3) is 0 Å². The molecule has 0 aromatic carbocycles. The number of aromatic nitrogens is 2. The fourth-order valence-electron chi connectivity index (χ4n) is 3.14. The highest BCUT2D eigenvalue weighted by Gasteiger charge is 2.19. The molecule has 124 valence electrons. The zero-order valence-electron chi connectivity index (χ0n) is 13.3. The number of anilines is 1. The molecule has 2 heterocycles. The van der Waals surface area contributed by atoms with Crippen molar-refractivity contribution in [3.05, 3.63) is 18.0 Å². The van der Waals surface area contributed by atoms with Crippen molar-refractivity contribution in [3.8, 4) is 0 Å². The number of nitrogens with zero attached hydrogens (tertiary/aromatic N) is 4. The Bertz CT molecular complexity index is 534. The summed E-state index contributed by atoms with van der Waals surface area (Å²) in [5, 5.41) is 3.07. The Morgan fingerprint density at radius 3 is 2.35 bits per heavy atom. The van der Waals surface area contributed by atoms with Crippen LogP contribution in [0.15, 0.2) is 12.4 Å². The molecular weight excluding hydrogens is 294 g/mol. The molecule has 2 amide bonds. The van der Waals surface area contributed by atoms with Crippen LogP contribution in [0.1, 0.15) is 42.5 Å². The van der Waals surface area contributed by atoms with Crippen molar-refractivity contribution in [1.29, 1.82) is 0 Å². The van der Waals surface area contributed by atoms with Crippen molar-refractivity contribution in [2.45, 2.75) is 38.1 Å². The number of rotatable bonds is 4. The highest BCUT2D eigenvalue weighted by atomic mass is 16.1. The van der Waals surface area contributed by atoms with E-state index in [1.165, 1.54) is 19.3 Å². The van der Waals surface area contributed by atoms with Gasteiger partial charge in [-0.2, -0.15) is 0 Å². The summed E-state index contributed by atoms with van der Waals surface area (Å²) in [6.45, 7) is 2.78. The molecule has 0 bridgehead atoms. The monoisotopic (exact) mass is 317 g/mol. The number of carbonyl (C=O) groups is 2. The Morgan fingerprint density at radius 1 is 1.09 bits per heavy atom. The van der Waals surface area contributed by atoms with Gasteiger partial charge in [-0.15, -0.1) is 0 Å². The predicted octanol–water partition coefficient (Wildman–Crippen LogP) is 0.817. The van der Waals surface area contributed by atoms with E-state index in [0.29, 0.717) is 37.7 Å². The van der Waals surface area contributed by atoms with Crippen LogP contribution in [0.3, 0.4) is 0 Å². The van der Waals surface area contributed by atoms with E-state index in [0.717, 1.165) is 19.3 Å². The first kappa shape index (κ1) is 15.7. The molecule has 7 nitrogen and oxygen atoms in total. The fraction of sp³-hybridized carbons (Fsp3) is 0.625. The minimum Gasteiger partial charge on any atom is -0.349 e. The van der Waals surface area contributed by atoms with Gasteiger partial charge in [0.05, 0.1) is 5.56 Å².